The molecule has 1 heterocycles. The largest absolute Gasteiger partial charge is 0.345 e. The number of halogens is 2. The Balaban J connectivity index is 2.10. The van der Waals surface area contributed by atoms with Crippen molar-refractivity contribution in [3.05, 3.63) is 58.1 Å². The summed E-state index contributed by atoms with van der Waals surface area (Å²) in [7, 11) is 0. The highest BCUT2D eigenvalue weighted by molar-refractivity contribution is 6.36. The molecule has 2 aromatic rings. The summed E-state index contributed by atoms with van der Waals surface area (Å²) in [5.74, 6) is 0.822. The summed E-state index contributed by atoms with van der Waals surface area (Å²) in [6.07, 6.45) is 8.06. The maximum Gasteiger partial charge on any atom is 0.129 e. The fraction of sp³-hybridized carbons (Fsp3) is 0.0833. The van der Waals surface area contributed by atoms with Crippen molar-refractivity contribution in [2.75, 3.05) is 0 Å². The lowest BCUT2D eigenvalue weighted by Crippen LogP contribution is -1.85. The summed E-state index contributed by atoms with van der Waals surface area (Å²) < 4.78 is 0. The van der Waals surface area contributed by atoms with Crippen LogP contribution in [-0.2, 0) is 6.42 Å². The molecule has 1 aromatic heterocycles. The van der Waals surface area contributed by atoms with E-state index in [4.69, 9.17) is 23.2 Å². The van der Waals surface area contributed by atoms with Crippen LogP contribution in [0, 0.1) is 0 Å². The first-order valence-corrected chi connectivity index (χ1v) is 5.62. The quantitative estimate of drug-likeness (QED) is 0.880. The predicted octanol–water partition coefficient (Wildman–Crippen LogP) is 3.97. The lowest BCUT2D eigenvalue weighted by atomic mass is 10.1. The summed E-state index contributed by atoms with van der Waals surface area (Å²) in [6, 6.07) is 5.51. The third kappa shape index (κ3) is 2.65. The monoisotopic (exact) mass is 252 g/mol. The molecule has 0 radical (unpaired) electrons. The maximum atomic E-state index is 6.05. The van der Waals surface area contributed by atoms with Gasteiger partial charge in [0.25, 0.3) is 0 Å². The van der Waals surface area contributed by atoms with E-state index in [9.17, 15) is 0 Å². The Morgan fingerprint density at radius 3 is 2.62 bits per heavy atom. The average Bonchev–Trinajstić information content (AvgIpc) is 2.75. The summed E-state index contributed by atoms with van der Waals surface area (Å²) in [5.41, 5.74) is 0.939. The van der Waals surface area contributed by atoms with E-state index >= 15 is 0 Å². The molecular formula is C12H10Cl2N2. The van der Waals surface area contributed by atoms with Crippen LogP contribution in [0.3, 0.4) is 0 Å². The molecule has 0 aliphatic carbocycles. The number of imidazole rings is 1. The second-order valence-electron chi connectivity index (χ2n) is 3.28. The van der Waals surface area contributed by atoms with Gasteiger partial charge >= 0.3 is 0 Å². The summed E-state index contributed by atoms with van der Waals surface area (Å²) in [6.45, 7) is 0. The highest BCUT2D eigenvalue weighted by atomic mass is 35.5. The molecule has 1 N–H and O–H groups in total. The molecule has 0 saturated carbocycles. The van der Waals surface area contributed by atoms with Crippen LogP contribution < -0.4 is 0 Å². The molecule has 4 heteroatoms. The minimum absolute atomic E-state index is 0.691. The Bertz CT molecular complexity index is 469. The Morgan fingerprint density at radius 2 is 2.00 bits per heavy atom. The molecule has 82 valence electrons. The minimum atomic E-state index is 0.691. The van der Waals surface area contributed by atoms with E-state index in [0.29, 0.717) is 16.5 Å². The lowest BCUT2D eigenvalue weighted by Gasteiger charge is -2.02. The van der Waals surface area contributed by atoms with Crippen LogP contribution in [-0.4, -0.2) is 9.97 Å². The number of benzene rings is 1. The van der Waals surface area contributed by atoms with Crippen LogP contribution in [0.15, 0.2) is 36.7 Å². The number of nitrogens with one attached hydrogen (secondary N) is 1. The molecule has 0 fully saturated rings. The molecular weight excluding hydrogens is 243 g/mol. The van der Waals surface area contributed by atoms with Gasteiger partial charge in [-0.15, -0.1) is 0 Å². The van der Waals surface area contributed by atoms with Gasteiger partial charge in [-0.1, -0.05) is 35.3 Å². The Morgan fingerprint density at radius 1 is 1.25 bits per heavy atom. The van der Waals surface area contributed by atoms with Crippen molar-refractivity contribution in [3.8, 4) is 0 Å². The summed E-state index contributed by atoms with van der Waals surface area (Å²) in [5, 5.41) is 1.38. The lowest BCUT2D eigenvalue weighted by molar-refractivity contribution is 1.24. The van der Waals surface area contributed by atoms with Gasteiger partial charge in [0.1, 0.15) is 5.82 Å². The van der Waals surface area contributed by atoms with Gasteiger partial charge in [-0.3, -0.25) is 0 Å². The first-order chi connectivity index (χ1) is 7.77. The molecule has 0 aliphatic rings. The van der Waals surface area contributed by atoms with E-state index in [1.54, 1.807) is 12.4 Å². The molecule has 0 aliphatic heterocycles. The van der Waals surface area contributed by atoms with E-state index < -0.39 is 0 Å². The number of hydrogen-bond donors (Lipinski definition) is 1. The Hall–Kier alpha value is -1.25. The fourth-order valence-electron chi connectivity index (χ4n) is 1.38. The van der Waals surface area contributed by atoms with Crippen molar-refractivity contribution >= 4 is 29.3 Å². The first-order valence-electron chi connectivity index (χ1n) is 4.86. The van der Waals surface area contributed by atoms with Gasteiger partial charge in [-0.2, -0.15) is 0 Å². The standard InChI is InChI=1S/C12H10Cl2N2/c13-10-4-2-5-11(14)9(10)3-1-6-12-15-7-8-16-12/h1-2,4-8H,3H2,(H,15,16)/b6-1+. The number of aromatic amines is 1. The molecule has 0 amide bonds. The zero-order valence-corrected chi connectivity index (χ0v) is 9.96. The van der Waals surface area contributed by atoms with Crippen molar-refractivity contribution in [3.63, 3.8) is 0 Å². The number of nitrogens with zero attached hydrogens (tertiary/aromatic N) is 1. The second kappa shape index (κ2) is 5.19. The molecule has 0 saturated heterocycles. The SMILES string of the molecule is Clc1cccc(Cl)c1C/C=C/c1ncc[nH]1. The van der Waals surface area contributed by atoms with Gasteiger partial charge in [-0.25, -0.2) is 4.98 Å². The van der Waals surface area contributed by atoms with Crippen LogP contribution in [0.4, 0.5) is 0 Å². The van der Waals surface area contributed by atoms with Crippen molar-refractivity contribution < 1.29 is 0 Å². The Labute approximate surface area is 104 Å². The number of rotatable bonds is 3. The van der Waals surface area contributed by atoms with Gasteiger partial charge < -0.3 is 4.98 Å². The average molecular weight is 253 g/mol. The second-order valence-corrected chi connectivity index (χ2v) is 4.10. The molecule has 2 rings (SSSR count). The topological polar surface area (TPSA) is 28.7 Å². The number of hydrogen-bond acceptors (Lipinski definition) is 1. The molecule has 0 bridgehead atoms. The summed E-state index contributed by atoms with van der Waals surface area (Å²) in [4.78, 5) is 7.07. The van der Waals surface area contributed by atoms with Gasteiger partial charge in [0.15, 0.2) is 0 Å². The van der Waals surface area contributed by atoms with Crippen molar-refractivity contribution in [2.24, 2.45) is 0 Å². The smallest absolute Gasteiger partial charge is 0.129 e. The predicted molar refractivity (Wildman–Crippen MR) is 67.8 cm³/mol. The van der Waals surface area contributed by atoms with E-state index in [2.05, 4.69) is 9.97 Å². The maximum absolute atomic E-state index is 6.05. The molecule has 2 nitrogen and oxygen atoms in total. The van der Waals surface area contributed by atoms with Gasteiger partial charge in [0.2, 0.25) is 0 Å². The van der Waals surface area contributed by atoms with E-state index in [1.807, 2.05) is 30.4 Å². The van der Waals surface area contributed by atoms with Crippen molar-refractivity contribution in [2.45, 2.75) is 6.42 Å². The van der Waals surface area contributed by atoms with Gasteiger partial charge in [-0.05, 0) is 30.2 Å². The van der Waals surface area contributed by atoms with Crippen LogP contribution in [0.2, 0.25) is 10.0 Å². The molecule has 0 unspecified atom stereocenters. The zero-order valence-electron chi connectivity index (χ0n) is 8.45. The third-order valence-electron chi connectivity index (χ3n) is 2.18. The molecule has 0 spiro atoms. The number of H-pyrrole nitrogens is 1. The number of allylic oxidation sites excluding steroid dienone is 1. The van der Waals surface area contributed by atoms with Gasteiger partial charge in [0.05, 0.1) is 0 Å². The molecule has 0 atom stereocenters. The van der Waals surface area contributed by atoms with Crippen LogP contribution in [0.1, 0.15) is 11.4 Å². The van der Waals surface area contributed by atoms with Crippen LogP contribution >= 0.6 is 23.2 Å². The third-order valence-corrected chi connectivity index (χ3v) is 2.89. The zero-order chi connectivity index (χ0) is 11.4. The molecule has 1 aromatic carbocycles. The van der Waals surface area contributed by atoms with Crippen LogP contribution in [0.5, 0.6) is 0 Å². The van der Waals surface area contributed by atoms with E-state index in [1.165, 1.54) is 0 Å². The normalized spacial score (nSPS) is 11.1. The highest BCUT2D eigenvalue weighted by Gasteiger charge is 2.02. The van der Waals surface area contributed by atoms with Crippen molar-refractivity contribution in [1.82, 2.24) is 9.97 Å². The molecule has 16 heavy (non-hydrogen) atoms. The van der Waals surface area contributed by atoms with Crippen molar-refractivity contribution in [1.29, 1.82) is 0 Å². The van der Waals surface area contributed by atoms with Crippen LogP contribution in [0.25, 0.3) is 6.08 Å². The van der Waals surface area contributed by atoms with E-state index in [0.717, 1.165) is 11.4 Å². The van der Waals surface area contributed by atoms with Gasteiger partial charge in [0, 0.05) is 22.4 Å². The van der Waals surface area contributed by atoms with E-state index in [-0.39, 0.29) is 0 Å². The fourth-order valence-corrected chi connectivity index (χ4v) is 1.94. The summed E-state index contributed by atoms with van der Waals surface area (Å²) >= 11 is 12.1. The number of aromatic nitrogens is 2. The minimum Gasteiger partial charge on any atom is -0.345 e. The first kappa shape index (κ1) is 11.2. The Kier molecular flexibility index (Phi) is 3.65. The highest BCUT2D eigenvalue weighted by Crippen LogP contribution is 2.24.